The predicted molar refractivity (Wildman–Crippen MR) is 85.6 cm³/mol. The lowest BCUT2D eigenvalue weighted by Gasteiger charge is -2.30. The van der Waals surface area contributed by atoms with E-state index in [-0.39, 0.29) is 6.03 Å². The second-order valence-electron chi connectivity index (χ2n) is 5.86. The van der Waals surface area contributed by atoms with Gasteiger partial charge in [0.15, 0.2) is 0 Å². The molecule has 112 valence electrons. The SMILES string of the molecule is CNC(=O)Nc1ccc2[nH]c3c(c2c1)CN(C(C)C)CC3. The predicted octanol–water partition coefficient (Wildman–Crippen LogP) is 2.69. The number of fused-ring (bicyclic) bond motifs is 3. The van der Waals surface area contributed by atoms with Gasteiger partial charge in [-0.15, -0.1) is 0 Å². The molecule has 0 fully saturated rings. The number of aromatic amines is 1. The molecule has 0 saturated heterocycles. The van der Waals surface area contributed by atoms with E-state index >= 15 is 0 Å². The summed E-state index contributed by atoms with van der Waals surface area (Å²) >= 11 is 0. The maximum atomic E-state index is 11.4. The van der Waals surface area contributed by atoms with Gasteiger partial charge in [-0.1, -0.05) is 0 Å². The highest BCUT2D eigenvalue weighted by atomic mass is 16.2. The first-order chi connectivity index (χ1) is 10.1. The lowest BCUT2D eigenvalue weighted by atomic mass is 10.0. The van der Waals surface area contributed by atoms with Crippen LogP contribution in [0, 0.1) is 0 Å². The van der Waals surface area contributed by atoms with Crippen molar-refractivity contribution in [3.8, 4) is 0 Å². The molecular weight excluding hydrogens is 264 g/mol. The summed E-state index contributed by atoms with van der Waals surface area (Å²) in [6.07, 6.45) is 1.06. The topological polar surface area (TPSA) is 60.2 Å². The maximum Gasteiger partial charge on any atom is 0.318 e. The number of amides is 2. The van der Waals surface area contributed by atoms with Crippen LogP contribution < -0.4 is 10.6 Å². The van der Waals surface area contributed by atoms with Crippen molar-refractivity contribution < 1.29 is 4.79 Å². The number of nitrogens with one attached hydrogen (secondary N) is 3. The smallest absolute Gasteiger partial charge is 0.318 e. The molecule has 0 aliphatic carbocycles. The molecule has 0 unspecified atom stereocenters. The maximum absolute atomic E-state index is 11.4. The normalized spacial score (nSPS) is 15.2. The molecular formula is C16H22N4O. The Balaban J connectivity index is 1.97. The van der Waals surface area contributed by atoms with Crippen LogP contribution in [0.2, 0.25) is 0 Å². The molecule has 3 rings (SSSR count). The Bertz CT molecular complexity index is 674. The standard InChI is InChI=1S/C16H22N4O/c1-10(2)20-7-6-15-13(9-20)12-8-11(18-16(21)17-3)4-5-14(12)19-15/h4-5,8,10,19H,6-7,9H2,1-3H3,(H2,17,18,21). The van der Waals surface area contributed by atoms with Crippen LogP contribution in [-0.2, 0) is 13.0 Å². The molecule has 0 radical (unpaired) electrons. The molecule has 0 atom stereocenters. The number of hydrogen-bond donors (Lipinski definition) is 3. The van der Waals surface area contributed by atoms with Gasteiger partial charge in [-0.3, -0.25) is 4.90 Å². The molecule has 3 N–H and O–H groups in total. The molecule has 2 amide bonds. The van der Waals surface area contributed by atoms with Gasteiger partial charge in [-0.05, 0) is 37.6 Å². The lowest BCUT2D eigenvalue weighted by molar-refractivity contribution is 0.203. The van der Waals surface area contributed by atoms with Crippen molar-refractivity contribution in [1.29, 1.82) is 0 Å². The number of rotatable bonds is 2. The Kier molecular flexibility index (Phi) is 3.59. The van der Waals surface area contributed by atoms with Crippen LogP contribution in [0.15, 0.2) is 18.2 Å². The summed E-state index contributed by atoms with van der Waals surface area (Å²) in [5.41, 5.74) is 4.67. The highest BCUT2D eigenvalue weighted by Gasteiger charge is 2.22. The number of benzene rings is 1. The molecule has 21 heavy (non-hydrogen) atoms. The minimum absolute atomic E-state index is 0.192. The fourth-order valence-electron chi connectivity index (χ4n) is 2.95. The quantitative estimate of drug-likeness (QED) is 0.795. The molecule has 0 bridgehead atoms. The summed E-state index contributed by atoms with van der Waals surface area (Å²) in [6, 6.07) is 6.39. The molecule has 1 aromatic heterocycles. The first-order valence-electron chi connectivity index (χ1n) is 7.44. The third kappa shape index (κ3) is 2.61. The Morgan fingerprint density at radius 1 is 1.38 bits per heavy atom. The van der Waals surface area contributed by atoms with Crippen LogP contribution in [0.25, 0.3) is 10.9 Å². The summed E-state index contributed by atoms with van der Waals surface area (Å²) in [7, 11) is 1.62. The monoisotopic (exact) mass is 286 g/mol. The third-order valence-corrected chi connectivity index (χ3v) is 4.22. The van der Waals surface area contributed by atoms with Crippen LogP contribution in [0.1, 0.15) is 25.1 Å². The number of aromatic nitrogens is 1. The van der Waals surface area contributed by atoms with Crippen molar-refractivity contribution in [2.45, 2.75) is 32.9 Å². The van der Waals surface area contributed by atoms with Crippen LogP contribution in [0.3, 0.4) is 0 Å². The average molecular weight is 286 g/mol. The van der Waals surface area contributed by atoms with Gasteiger partial charge in [-0.25, -0.2) is 4.79 Å². The van der Waals surface area contributed by atoms with E-state index in [1.54, 1.807) is 7.05 Å². The molecule has 0 saturated carbocycles. The van der Waals surface area contributed by atoms with Gasteiger partial charge in [0.2, 0.25) is 0 Å². The van der Waals surface area contributed by atoms with Crippen molar-refractivity contribution in [3.05, 3.63) is 29.5 Å². The van der Waals surface area contributed by atoms with Crippen molar-refractivity contribution >= 4 is 22.6 Å². The van der Waals surface area contributed by atoms with E-state index < -0.39 is 0 Å². The number of H-pyrrole nitrogens is 1. The van der Waals surface area contributed by atoms with E-state index in [1.807, 2.05) is 12.1 Å². The first kappa shape index (κ1) is 13.9. The van der Waals surface area contributed by atoms with Crippen molar-refractivity contribution in [3.63, 3.8) is 0 Å². The van der Waals surface area contributed by atoms with Gasteiger partial charge in [0.1, 0.15) is 0 Å². The molecule has 0 spiro atoms. The van der Waals surface area contributed by atoms with Crippen LogP contribution in [-0.4, -0.2) is 35.5 Å². The Morgan fingerprint density at radius 3 is 2.90 bits per heavy atom. The van der Waals surface area contributed by atoms with E-state index in [4.69, 9.17) is 0 Å². The first-order valence-corrected chi connectivity index (χ1v) is 7.44. The van der Waals surface area contributed by atoms with Gasteiger partial charge in [0.25, 0.3) is 0 Å². The zero-order valence-corrected chi connectivity index (χ0v) is 12.8. The van der Waals surface area contributed by atoms with Crippen molar-refractivity contribution in [2.24, 2.45) is 0 Å². The van der Waals surface area contributed by atoms with E-state index in [2.05, 4.69) is 40.4 Å². The number of nitrogens with zero attached hydrogens (tertiary/aromatic N) is 1. The van der Waals surface area contributed by atoms with E-state index in [0.717, 1.165) is 30.7 Å². The second kappa shape index (κ2) is 5.41. The zero-order valence-electron chi connectivity index (χ0n) is 12.8. The minimum Gasteiger partial charge on any atom is -0.358 e. The molecule has 5 nitrogen and oxygen atoms in total. The number of anilines is 1. The fraction of sp³-hybridized carbons (Fsp3) is 0.438. The van der Waals surface area contributed by atoms with Crippen LogP contribution >= 0.6 is 0 Å². The van der Waals surface area contributed by atoms with E-state index in [9.17, 15) is 4.79 Å². The number of carbonyl (C=O) groups excluding carboxylic acids is 1. The lowest BCUT2D eigenvalue weighted by Crippen LogP contribution is -2.35. The summed E-state index contributed by atoms with van der Waals surface area (Å²) in [5.74, 6) is 0. The highest BCUT2D eigenvalue weighted by molar-refractivity contribution is 5.94. The molecule has 1 aromatic carbocycles. The third-order valence-electron chi connectivity index (χ3n) is 4.22. The fourth-order valence-corrected chi connectivity index (χ4v) is 2.95. The Morgan fingerprint density at radius 2 is 2.19 bits per heavy atom. The number of hydrogen-bond acceptors (Lipinski definition) is 2. The summed E-state index contributed by atoms with van der Waals surface area (Å²) < 4.78 is 0. The highest BCUT2D eigenvalue weighted by Crippen LogP contribution is 2.30. The van der Waals surface area contributed by atoms with Crippen molar-refractivity contribution in [1.82, 2.24) is 15.2 Å². The second-order valence-corrected chi connectivity index (χ2v) is 5.86. The van der Waals surface area contributed by atoms with E-state index in [1.165, 1.54) is 16.6 Å². The largest absolute Gasteiger partial charge is 0.358 e. The number of carbonyl (C=O) groups is 1. The molecule has 2 heterocycles. The Hall–Kier alpha value is -2.01. The zero-order chi connectivity index (χ0) is 15.0. The van der Waals surface area contributed by atoms with Crippen LogP contribution in [0.5, 0.6) is 0 Å². The molecule has 5 heteroatoms. The summed E-state index contributed by atoms with van der Waals surface area (Å²) in [5, 5.41) is 6.62. The summed E-state index contributed by atoms with van der Waals surface area (Å²) in [6.45, 7) is 6.54. The van der Waals surface area contributed by atoms with Gasteiger partial charge in [0, 0.05) is 54.9 Å². The van der Waals surface area contributed by atoms with Gasteiger partial charge in [-0.2, -0.15) is 0 Å². The van der Waals surface area contributed by atoms with Gasteiger partial charge in [0.05, 0.1) is 0 Å². The van der Waals surface area contributed by atoms with Gasteiger partial charge < -0.3 is 15.6 Å². The molecule has 1 aliphatic heterocycles. The van der Waals surface area contributed by atoms with E-state index in [0.29, 0.717) is 6.04 Å². The van der Waals surface area contributed by atoms with Crippen LogP contribution in [0.4, 0.5) is 10.5 Å². The van der Waals surface area contributed by atoms with Crippen molar-refractivity contribution in [2.75, 3.05) is 18.9 Å². The minimum atomic E-state index is -0.192. The number of urea groups is 1. The summed E-state index contributed by atoms with van der Waals surface area (Å²) in [4.78, 5) is 17.4. The molecule has 2 aromatic rings. The molecule has 1 aliphatic rings. The average Bonchev–Trinajstić information content (AvgIpc) is 2.84. The Labute approximate surface area is 124 Å². The van der Waals surface area contributed by atoms with Gasteiger partial charge >= 0.3 is 6.03 Å².